The number of hydrogen-bond donors (Lipinski definition) is 0. The number of aryl methyl sites for hydroxylation is 1. The monoisotopic (exact) mass is 199 g/mol. The van der Waals surface area contributed by atoms with Crippen LogP contribution in [0.1, 0.15) is 0 Å². The Balaban J connectivity index is 2.23. The van der Waals surface area contributed by atoms with E-state index in [2.05, 4.69) is 10.1 Å². The number of fused-ring (bicyclic) bond motifs is 1. The Labute approximate surface area is 86.1 Å². The molecule has 0 aliphatic carbocycles. The van der Waals surface area contributed by atoms with E-state index in [-0.39, 0.29) is 0 Å². The fraction of sp³-hybridized carbons (Fsp3) is 0.0909. The first-order valence-corrected chi connectivity index (χ1v) is 4.67. The average molecular weight is 199 g/mol. The van der Waals surface area contributed by atoms with E-state index in [1.54, 1.807) is 12.5 Å². The van der Waals surface area contributed by atoms with Crippen LogP contribution in [0.5, 0.6) is 0 Å². The van der Waals surface area contributed by atoms with E-state index >= 15 is 0 Å². The molecule has 0 bridgehead atoms. The molecule has 0 radical (unpaired) electrons. The normalized spacial score (nSPS) is 11.0. The van der Waals surface area contributed by atoms with Gasteiger partial charge >= 0.3 is 0 Å². The van der Waals surface area contributed by atoms with E-state index in [1.165, 1.54) is 0 Å². The molecule has 15 heavy (non-hydrogen) atoms. The molecule has 4 heteroatoms. The van der Waals surface area contributed by atoms with E-state index in [0.29, 0.717) is 0 Å². The zero-order valence-electron chi connectivity index (χ0n) is 8.21. The first-order chi connectivity index (χ1) is 7.34. The topological polar surface area (TPSA) is 43.9 Å². The lowest BCUT2D eigenvalue weighted by Crippen LogP contribution is -1.83. The number of rotatable bonds is 1. The highest BCUT2D eigenvalue weighted by Crippen LogP contribution is 2.22. The smallest absolute Gasteiger partial charge is 0.166 e. The summed E-state index contributed by atoms with van der Waals surface area (Å²) in [6.45, 7) is 0. The van der Waals surface area contributed by atoms with Gasteiger partial charge in [-0.3, -0.25) is 0 Å². The fourth-order valence-corrected chi connectivity index (χ4v) is 1.65. The Morgan fingerprint density at radius 2 is 2.20 bits per heavy atom. The van der Waals surface area contributed by atoms with Gasteiger partial charge in [-0.1, -0.05) is 5.16 Å². The fourth-order valence-electron chi connectivity index (χ4n) is 1.65. The highest BCUT2D eigenvalue weighted by atomic mass is 16.5. The van der Waals surface area contributed by atoms with E-state index < -0.39 is 0 Å². The van der Waals surface area contributed by atoms with Crippen LogP contribution in [0, 0.1) is 0 Å². The molecule has 2 heterocycles. The maximum Gasteiger partial charge on any atom is 0.166 e. The predicted octanol–water partition coefficient (Wildman–Crippen LogP) is 2.23. The molecular formula is C11H9N3O. The molecule has 3 rings (SSSR count). The van der Waals surface area contributed by atoms with Crippen molar-refractivity contribution in [1.29, 1.82) is 0 Å². The summed E-state index contributed by atoms with van der Waals surface area (Å²) in [4.78, 5) is 4.29. The Hall–Kier alpha value is -2.10. The summed E-state index contributed by atoms with van der Waals surface area (Å²) >= 11 is 0. The Morgan fingerprint density at radius 3 is 3.00 bits per heavy atom. The third-order valence-electron chi connectivity index (χ3n) is 2.45. The van der Waals surface area contributed by atoms with Crippen molar-refractivity contribution in [1.82, 2.24) is 14.7 Å². The zero-order chi connectivity index (χ0) is 10.3. The molecular weight excluding hydrogens is 190 g/mol. The first-order valence-electron chi connectivity index (χ1n) is 4.67. The van der Waals surface area contributed by atoms with Gasteiger partial charge in [-0.2, -0.15) is 0 Å². The van der Waals surface area contributed by atoms with Crippen LogP contribution < -0.4 is 0 Å². The first kappa shape index (κ1) is 8.23. The number of imidazole rings is 1. The predicted molar refractivity (Wildman–Crippen MR) is 56.2 cm³/mol. The van der Waals surface area contributed by atoms with Gasteiger partial charge in [0.15, 0.2) is 5.76 Å². The molecule has 0 saturated heterocycles. The number of benzene rings is 1. The van der Waals surface area contributed by atoms with Crippen LogP contribution in [-0.4, -0.2) is 14.7 Å². The molecule has 0 N–H and O–H groups in total. The second-order valence-electron chi connectivity index (χ2n) is 3.44. The Bertz CT molecular complexity index is 595. The molecule has 0 spiro atoms. The summed E-state index contributed by atoms with van der Waals surface area (Å²) in [5, 5.41) is 3.68. The lowest BCUT2D eigenvalue weighted by Gasteiger charge is -1.96. The lowest BCUT2D eigenvalue weighted by atomic mass is 10.1. The molecule has 1 aromatic carbocycles. The number of aromatic nitrogens is 3. The van der Waals surface area contributed by atoms with Gasteiger partial charge in [0.05, 0.1) is 23.6 Å². The van der Waals surface area contributed by atoms with Crippen molar-refractivity contribution >= 4 is 11.0 Å². The van der Waals surface area contributed by atoms with Gasteiger partial charge in [0, 0.05) is 18.7 Å². The summed E-state index contributed by atoms with van der Waals surface area (Å²) in [6, 6.07) is 7.87. The molecule has 0 saturated carbocycles. The summed E-state index contributed by atoms with van der Waals surface area (Å²) in [5.41, 5.74) is 3.07. The maximum absolute atomic E-state index is 5.09. The highest BCUT2D eigenvalue weighted by Gasteiger charge is 2.05. The van der Waals surface area contributed by atoms with E-state index in [0.717, 1.165) is 22.4 Å². The van der Waals surface area contributed by atoms with Crippen LogP contribution in [-0.2, 0) is 7.05 Å². The second kappa shape index (κ2) is 2.95. The number of hydrogen-bond acceptors (Lipinski definition) is 3. The molecule has 0 fully saturated rings. The average Bonchev–Trinajstić information content (AvgIpc) is 2.88. The van der Waals surface area contributed by atoms with E-state index in [9.17, 15) is 0 Å². The third kappa shape index (κ3) is 1.22. The van der Waals surface area contributed by atoms with Crippen molar-refractivity contribution in [2.45, 2.75) is 0 Å². The molecule has 0 amide bonds. The lowest BCUT2D eigenvalue weighted by molar-refractivity contribution is 0.432. The zero-order valence-corrected chi connectivity index (χ0v) is 8.21. The van der Waals surface area contributed by atoms with Gasteiger partial charge in [-0.15, -0.1) is 0 Å². The molecule has 74 valence electrons. The van der Waals surface area contributed by atoms with E-state index in [4.69, 9.17) is 4.52 Å². The van der Waals surface area contributed by atoms with Crippen LogP contribution in [0.25, 0.3) is 22.4 Å². The summed E-state index contributed by atoms with van der Waals surface area (Å²) in [6.07, 6.45) is 3.44. The molecule has 0 atom stereocenters. The van der Waals surface area contributed by atoms with Crippen molar-refractivity contribution in [3.8, 4) is 11.3 Å². The Morgan fingerprint density at radius 1 is 1.27 bits per heavy atom. The second-order valence-corrected chi connectivity index (χ2v) is 3.44. The standard InChI is InChI=1S/C11H9N3O/c1-14-7-12-9-6-8(2-3-10(9)14)11-4-5-13-15-11/h2-7H,1H3. The van der Waals surface area contributed by atoms with Crippen molar-refractivity contribution in [2.24, 2.45) is 7.05 Å². The van der Waals surface area contributed by atoms with Gasteiger partial charge in [0.25, 0.3) is 0 Å². The summed E-state index contributed by atoms with van der Waals surface area (Å²) in [7, 11) is 1.98. The minimum atomic E-state index is 0.766. The molecule has 0 aliphatic rings. The quantitative estimate of drug-likeness (QED) is 0.603. The van der Waals surface area contributed by atoms with Crippen molar-refractivity contribution in [3.05, 3.63) is 36.8 Å². The molecule has 0 unspecified atom stereocenters. The third-order valence-corrected chi connectivity index (χ3v) is 2.45. The van der Waals surface area contributed by atoms with Crippen LogP contribution in [0.2, 0.25) is 0 Å². The summed E-state index contributed by atoms with van der Waals surface area (Å²) < 4.78 is 7.08. The van der Waals surface area contributed by atoms with Crippen LogP contribution in [0.4, 0.5) is 0 Å². The number of nitrogens with zero attached hydrogens (tertiary/aromatic N) is 3. The van der Waals surface area contributed by atoms with Crippen molar-refractivity contribution in [2.75, 3.05) is 0 Å². The summed E-state index contributed by atoms with van der Waals surface area (Å²) in [5.74, 6) is 0.766. The van der Waals surface area contributed by atoms with Crippen molar-refractivity contribution < 1.29 is 4.52 Å². The molecule has 2 aromatic heterocycles. The molecule has 3 aromatic rings. The van der Waals surface area contributed by atoms with Crippen LogP contribution in [0.15, 0.2) is 41.3 Å². The van der Waals surface area contributed by atoms with Gasteiger partial charge in [-0.05, 0) is 18.2 Å². The highest BCUT2D eigenvalue weighted by molar-refractivity contribution is 5.80. The minimum Gasteiger partial charge on any atom is -0.356 e. The molecule has 4 nitrogen and oxygen atoms in total. The van der Waals surface area contributed by atoms with Gasteiger partial charge in [0.2, 0.25) is 0 Å². The van der Waals surface area contributed by atoms with Crippen LogP contribution in [0.3, 0.4) is 0 Å². The van der Waals surface area contributed by atoms with Crippen molar-refractivity contribution in [3.63, 3.8) is 0 Å². The Kier molecular flexibility index (Phi) is 1.62. The van der Waals surface area contributed by atoms with Gasteiger partial charge in [0.1, 0.15) is 0 Å². The molecule has 0 aliphatic heterocycles. The van der Waals surface area contributed by atoms with Gasteiger partial charge in [-0.25, -0.2) is 4.98 Å². The largest absolute Gasteiger partial charge is 0.356 e. The maximum atomic E-state index is 5.09. The van der Waals surface area contributed by atoms with Crippen LogP contribution >= 0.6 is 0 Å². The minimum absolute atomic E-state index is 0.766. The van der Waals surface area contributed by atoms with Gasteiger partial charge < -0.3 is 9.09 Å². The van der Waals surface area contributed by atoms with E-state index in [1.807, 2.05) is 35.9 Å². The SMILES string of the molecule is Cn1cnc2cc(-c3ccno3)ccc21.